The van der Waals surface area contributed by atoms with Gasteiger partial charge in [0, 0.05) is 25.6 Å². The van der Waals surface area contributed by atoms with E-state index in [1.54, 1.807) is 17.0 Å². The Balaban J connectivity index is 1.34. The van der Waals surface area contributed by atoms with Crippen molar-refractivity contribution in [1.29, 1.82) is 0 Å². The summed E-state index contributed by atoms with van der Waals surface area (Å²) < 4.78 is 19.2. The first-order chi connectivity index (χ1) is 14.9. The van der Waals surface area contributed by atoms with Gasteiger partial charge in [0.2, 0.25) is 5.91 Å². The average Bonchev–Trinajstić information content (AvgIpc) is 2.77. The predicted octanol–water partition coefficient (Wildman–Crippen LogP) is 3.87. The van der Waals surface area contributed by atoms with E-state index in [4.69, 9.17) is 4.74 Å². The lowest BCUT2D eigenvalue weighted by Crippen LogP contribution is -2.52. The lowest BCUT2D eigenvalue weighted by molar-refractivity contribution is -0.126. The van der Waals surface area contributed by atoms with E-state index in [-0.39, 0.29) is 29.8 Å². The third kappa shape index (κ3) is 4.81. The highest BCUT2D eigenvalue weighted by Gasteiger charge is 2.33. The molecule has 2 aromatic rings. The van der Waals surface area contributed by atoms with Gasteiger partial charge >= 0.3 is 6.03 Å². The van der Waals surface area contributed by atoms with Crippen LogP contribution in [0.3, 0.4) is 0 Å². The van der Waals surface area contributed by atoms with Crippen molar-refractivity contribution >= 4 is 17.6 Å². The molecule has 0 aromatic heterocycles. The number of fused-ring (bicyclic) bond motifs is 1. The molecular weight excluding hydrogens is 397 g/mol. The minimum Gasteiger partial charge on any atom is -0.487 e. The van der Waals surface area contributed by atoms with Crippen molar-refractivity contribution in [2.75, 3.05) is 24.5 Å². The van der Waals surface area contributed by atoms with Gasteiger partial charge in [0.1, 0.15) is 17.7 Å². The van der Waals surface area contributed by atoms with Crippen LogP contribution in [0.25, 0.3) is 0 Å². The largest absolute Gasteiger partial charge is 0.487 e. The molecule has 0 spiro atoms. The van der Waals surface area contributed by atoms with Crippen LogP contribution in [0.1, 0.15) is 30.9 Å². The second-order valence-corrected chi connectivity index (χ2v) is 8.40. The molecule has 1 fully saturated rings. The van der Waals surface area contributed by atoms with Gasteiger partial charge in [-0.3, -0.25) is 9.69 Å². The Morgan fingerprint density at radius 1 is 1.16 bits per heavy atom. The second kappa shape index (κ2) is 8.96. The first kappa shape index (κ1) is 21.2. The summed E-state index contributed by atoms with van der Waals surface area (Å²) in [5, 5.41) is 2.89. The van der Waals surface area contributed by atoms with Crippen molar-refractivity contribution in [3.05, 3.63) is 59.4 Å². The van der Waals surface area contributed by atoms with Crippen molar-refractivity contribution in [2.24, 2.45) is 5.92 Å². The van der Waals surface area contributed by atoms with Gasteiger partial charge in [-0.05, 0) is 62.1 Å². The number of likely N-dealkylation sites (tertiary alicyclic amines) is 1. The zero-order chi connectivity index (χ0) is 22.0. The molecule has 1 unspecified atom stereocenters. The third-order valence-corrected chi connectivity index (χ3v) is 5.90. The molecule has 7 heteroatoms. The summed E-state index contributed by atoms with van der Waals surface area (Å²) in [6.45, 7) is 5.82. The van der Waals surface area contributed by atoms with Crippen molar-refractivity contribution in [3.8, 4) is 5.75 Å². The first-order valence-corrected chi connectivity index (χ1v) is 10.8. The maximum absolute atomic E-state index is 13.3. The van der Waals surface area contributed by atoms with Crippen LogP contribution < -0.4 is 15.0 Å². The van der Waals surface area contributed by atoms with E-state index in [0.717, 1.165) is 22.6 Å². The van der Waals surface area contributed by atoms with Gasteiger partial charge < -0.3 is 15.0 Å². The second-order valence-electron chi connectivity index (χ2n) is 8.40. The minimum absolute atomic E-state index is 0.0411. The zero-order valence-corrected chi connectivity index (χ0v) is 17.9. The first-order valence-electron chi connectivity index (χ1n) is 10.8. The number of nitrogens with zero attached hydrogens (tertiary/aromatic N) is 2. The number of amides is 3. The number of urea groups is 1. The van der Waals surface area contributed by atoms with E-state index in [2.05, 4.69) is 5.32 Å². The molecule has 1 saturated heterocycles. The number of anilines is 1. The topological polar surface area (TPSA) is 61.9 Å². The molecule has 2 heterocycles. The van der Waals surface area contributed by atoms with Crippen LogP contribution in [0, 0.1) is 18.7 Å². The lowest BCUT2D eigenvalue weighted by Gasteiger charge is -2.39. The number of rotatable bonds is 3. The quantitative estimate of drug-likeness (QED) is 0.812. The van der Waals surface area contributed by atoms with Crippen LogP contribution in [0.4, 0.5) is 14.9 Å². The lowest BCUT2D eigenvalue weighted by atomic mass is 9.96. The normalized spacial score (nSPS) is 18.9. The molecule has 1 atom stereocenters. The molecule has 31 heavy (non-hydrogen) atoms. The van der Waals surface area contributed by atoms with Crippen LogP contribution in [0.2, 0.25) is 0 Å². The number of halogens is 1. The van der Waals surface area contributed by atoms with Crippen LogP contribution in [-0.4, -0.2) is 42.6 Å². The van der Waals surface area contributed by atoms with Crippen LogP contribution in [0.5, 0.6) is 5.75 Å². The summed E-state index contributed by atoms with van der Waals surface area (Å²) in [7, 11) is 0. The van der Waals surface area contributed by atoms with E-state index >= 15 is 0 Å². The molecule has 0 saturated carbocycles. The van der Waals surface area contributed by atoms with Crippen molar-refractivity contribution in [3.63, 3.8) is 0 Å². The fourth-order valence-electron chi connectivity index (χ4n) is 4.21. The molecule has 1 N–H and O–H groups in total. The maximum Gasteiger partial charge on any atom is 0.324 e. The van der Waals surface area contributed by atoms with E-state index in [9.17, 15) is 14.0 Å². The van der Waals surface area contributed by atoms with Crippen LogP contribution in [0.15, 0.2) is 42.5 Å². The summed E-state index contributed by atoms with van der Waals surface area (Å²) in [5.74, 6) is 0.227. The molecule has 6 nitrogen and oxygen atoms in total. The predicted molar refractivity (Wildman–Crippen MR) is 117 cm³/mol. The van der Waals surface area contributed by atoms with Gasteiger partial charge in [0.05, 0.1) is 12.2 Å². The number of hydrogen-bond acceptors (Lipinski definition) is 3. The molecule has 4 rings (SSSR count). The fraction of sp³-hybridized carbons (Fsp3) is 0.417. The molecule has 0 radical (unpaired) electrons. The number of carbonyl (C=O) groups is 2. The summed E-state index contributed by atoms with van der Waals surface area (Å²) in [5.41, 5.74) is 2.61. The maximum atomic E-state index is 13.3. The van der Waals surface area contributed by atoms with Gasteiger partial charge in [-0.2, -0.15) is 0 Å². The Hall–Kier alpha value is -3.09. The number of carbonyl (C=O) groups excluding carboxylic acids is 2. The van der Waals surface area contributed by atoms with Crippen molar-refractivity contribution < 1.29 is 18.7 Å². The summed E-state index contributed by atoms with van der Waals surface area (Å²) >= 11 is 0. The highest BCUT2D eigenvalue weighted by atomic mass is 19.1. The molecule has 3 amide bonds. The standard InChI is InChI=1S/C24H28FN3O3/c1-16-6-7-22-21(12-16)28(15-17(2)31-22)24(30)27-10-8-19(9-11-27)23(29)26-14-18-4-3-5-20(25)13-18/h3-7,12-13,17,19H,8-11,14-15H2,1-2H3,(H,26,29). The van der Waals surface area contributed by atoms with Gasteiger partial charge in [-0.1, -0.05) is 18.2 Å². The number of benzene rings is 2. The number of piperidine rings is 1. The van der Waals surface area contributed by atoms with E-state index < -0.39 is 0 Å². The van der Waals surface area contributed by atoms with Crippen molar-refractivity contribution in [1.82, 2.24) is 10.2 Å². The van der Waals surface area contributed by atoms with E-state index in [0.29, 0.717) is 39.0 Å². The summed E-state index contributed by atoms with van der Waals surface area (Å²) in [6, 6.07) is 12.0. The van der Waals surface area contributed by atoms with Crippen LogP contribution in [-0.2, 0) is 11.3 Å². The smallest absolute Gasteiger partial charge is 0.324 e. The molecule has 2 aromatic carbocycles. The van der Waals surface area contributed by atoms with Gasteiger partial charge in [0.15, 0.2) is 0 Å². The number of nitrogens with one attached hydrogen (secondary N) is 1. The monoisotopic (exact) mass is 425 g/mol. The van der Waals surface area contributed by atoms with Crippen LogP contribution >= 0.6 is 0 Å². The highest BCUT2D eigenvalue weighted by Crippen LogP contribution is 2.35. The molecule has 2 aliphatic rings. The minimum atomic E-state index is -0.312. The van der Waals surface area contributed by atoms with E-state index in [1.165, 1.54) is 12.1 Å². The van der Waals surface area contributed by atoms with Gasteiger partial charge in [-0.15, -0.1) is 0 Å². The number of ether oxygens (including phenoxy) is 1. The van der Waals surface area contributed by atoms with Gasteiger partial charge in [-0.25, -0.2) is 9.18 Å². The molecule has 164 valence electrons. The number of hydrogen-bond donors (Lipinski definition) is 1. The molecule has 2 aliphatic heterocycles. The molecule has 0 bridgehead atoms. The van der Waals surface area contributed by atoms with Crippen molar-refractivity contribution in [2.45, 2.75) is 39.3 Å². The van der Waals surface area contributed by atoms with E-state index in [1.807, 2.05) is 36.9 Å². The SMILES string of the molecule is Cc1ccc2c(c1)N(C(=O)N1CCC(C(=O)NCc3cccc(F)c3)CC1)CC(C)O2. The Bertz CT molecular complexity index is 972. The van der Waals surface area contributed by atoms with Gasteiger partial charge in [0.25, 0.3) is 0 Å². The Labute approximate surface area is 182 Å². The Morgan fingerprint density at radius 2 is 1.94 bits per heavy atom. The number of aryl methyl sites for hydroxylation is 1. The highest BCUT2D eigenvalue weighted by molar-refractivity contribution is 5.94. The average molecular weight is 426 g/mol. The third-order valence-electron chi connectivity index (χ3n) is 5.90. The molecular formula is C24H28FN3O3. The Morgan fingerprint density at radius 3 is 2.68 bits per heavy atom. The summed E-state index contributed by atoms with van der Waals surface area (Å²) in [6.07, 6.45) is 1.15. The summed E-state index contributed by atoms with van der Waals surface area (Å²) in [4.78, 5) is 29.4. The molecule has 0 aliphatic carbocycles. The Kier molecular flexibility index (Phi) is 6.11. The zero-order valence-electron chi connectivity index (χ0n) is 17.9. The fourth-order valence-corrected chi connectivity index (χ4v) is 4.21.